The Balaban J connectivity index is 3.34. The number of halogens is 3. The standard InChI is InChI=1S/C8H8F3NO2S/c1-2-12-15(13,14)6-4-3-5(9)7(10)8(6)11/h3-4,12H,2H2,1H3. The number of benzene rings is 1. The van der Waals surface area contributed by atoms with Gasteiger partial charge in [0.15, 0.2) is 17.5 Å². The number of rotatable bonds is 3. The molecule has 15 heavy (non-hydrogen) atoms. The Morgan fingerprint density at radius 1 is 1.20 bits per heavy atom. The molecule has 1 aromatic carbocycles. The van der Waals surface area contributed by atoms with Crippen LogP contribution in [0, 0.1) is 17.5 Å². The number of nitrogens with one attached hydrogen (secondary N) is 1. The van der Waals surface area contributed by atoms with Gasteiger partial charge in [0, 0.05) is 6.54 Å². The minimum Gasteiger partial charge on any atom is -0.211 e. The molecular formula is C8H8F3NO2S. The molecule has 0 spiro atoms. The molecule has 0 heterocycles. The van der Waals surface area contributed by atoms with Crippen LogP contribution < -0.4 is 4.72 Å². The first-order valence-corrected chi connectivity index (χ1v) is 5.51. The van der Waals surface area contributed by atoms with E-state index in [1.54, 1.807) is 0 Å². The summed E-state index contributed by atoms with van der Waals surface area (Å²) >= 11 is 0. The number of hydrogen-bond acceptors (Lipinski definition) is 2. The van der Waals surface area contributed by atoms with Gasteiger partial charge in [0.2, 0.25) is 10.0 Å². The lowest BCUT2D eigenvalue weighted by molar-refractivity contribution is 0.431. The Morgan fingerprint density at radius 2 is 1.80 bits per heavy atom. The first-order valence-electron chi connectivity index (χ1n) is 4.03. The molecule has 0 aliphatic rings. The molecule has 0 fully saturated rings. The Hall–Kier alpha value is -1.08. The smallest absolute Gasteiger partial charge is 0.211 e. The van der Waals surface area contributed by atoms with E-state index in [0.717, 1.165) is 0 Å². The van der Waals surface area contributed by atoms with Crippen molar-refractivity contribution in [2.24, 2.45) is 0 Å². The SMILES string of the molecule is CCNS(=O)(=O)c1ccc(F)c(F)c1F. The molecule has 0 aliphatic heterocycles. The molecule has 1 aromatic rings. The highest BCUT2D eigenvalue weighted by Crippen LogP contribution is 2.19. The first kappa shape index (κ1) is 12.0. The monoisotopic (exact) mass is 239 g/mol. The van der Waals surface area contributed by atoms with E-state index >= 15 is 0 Å². The van der Waals surface area contributed by atoms with Crippen LogP contribution in [0.2, 0.25) is 0 Å². The van der Waals surface area contributed by atoms with Crippen LogP contribution in [-0.4, -0.2) is 15.0 Å². The van der Waals surface area contributed by atoms with Gasteiger partial charge in [0.1, 0.15) is 4.90 Å². The van der Waals surface area contributed by atoms with Gasteiger partial charge in [0.25, 0.3) is 0 Å². The fourth-order valence-corrected chi connectivity index (χ4v) is 2.09. The predicted molar refractivity (Wildman–Crippen MR) is 47.2 cm³/mol. The number of hydrogen-bond donors (Lipinski definition) is 1. The summed E-state index contributed by atoms with van der Waals surface area (Å²) in [5, 5.41) is 0. The second kappa shape index (κ2) is 4.19. The third-order valence-electron chi connectivity index (χ3n) is 1.62. The Labute approximate surface area is 85.0 Å². The lowest BCUT2D eigenvalue weighted by Gasteiger charge is -2.06. The van der Waals surface area contributed by atoms with Gasteiger partial charge in [-0.05, 0) is 12.1 Å². The number of sulfonamides is 1. The summed E-state index contributed by atoms with van der Waals surface area (Å²) in [7, 11) is -4.11. The van der Waals surface area contributed by atoms with Crippen molar-refractivity contribution >= 4 is 10.0 Å². The molecule has 0 radical (unpaired) electrons. The van der Waals surface area contributed by atoms with E-state index in [2.05, 4.69) is 0 Å². The largest absolute Gasteiger partial charge is 0.243 e. The predicted octanol–water partition coefficient (Wildman–Crippen LogP) is 1.40. The zero-order chi connectivity index (χ0) is 11.6. The highest BCUT2D eigenvalue weighted by Gasteiger charge is 2.22. The topological polar surface area (TPSA) is 46.2 Å². The lowest BCUT2D eigenvalue weighted by Crippen LogP contribution is -2.24. The summed E-state index contributed by atoms with van der Waals surface area (Å²) in [5.74, 6) is -4.94. The molecule has 0 saturated carbocycles. The van der Waals surface area contributed by atoms with Gasteiger partial charge in [-0.2, -0.15) is 0 Å². The van der Waals surface area contributed by atoms with Gasteiger partial charge in [-0.3, -0.25) is 0 Å². The normalized spacial score (nSPS) is 11.7. The van der Waals surface area contributed by atoms with Crippen LogP contribution in [0.4, 0.5) is 13.2 Å². The Morgan fingerprint density at radius 3 is 2.33 bits per heavy atom. The summed E-state index contributed by atoms with van der Waals surface area (Å²) in [5.41, 5.74) is 0. The van der Waals surface area contributed by atoms with Crippen LogP contribution in [0.5, 0.6) is 0 Å². The fraction of sp³-hybridized carbons (Fsp3) is 0.250. The molecular weight excluding hydrogens is 231 g/mol. The van der Waals surface area contributed by atoms with E-state index in [0.29, 0.717) is 12.1 Å². The summed E-state index contributed by atoms with van der Waals surface area (Å²) in [6.07, 6.45) is 0. The summed E-state index contributed by atoms with van der Waals surface area (Å²) in [6.45, 7) is 1.51. The van der Waals surface area contributed by atoms with E-state index in [9.17, 15) is 21.6 Å². The van der Waals surface area contributed by atoms with Crippen LogP contribution in [-0.2, 0) is 10.0 Å². The molecule has 0 amide bonds. The average Bonchev–Trinajstić information content (AvgIpc) is 2.13. The van der Waals surface area contributed by atoms with Crippen LogP contribution >= 0.6 is 0 Å². The van der Waals surface area contributed by atoms with Gasteiger partial charge in [-0.1, -0.05) is 6.92 Å². The van der Waals surface area contributed by atoms with E-state index < -0.39 is 32.4 Å². The zero-order valence-corrected chi connectivity index (χ0v) is 8.54. The lowest BCUT2D eigenvalue weighted by atomic mass is 10.3. The van der Waals surface area contributed by atoms with Crippen molar-refractivity contribution in [2.45, 2.75) is 11.8 Å². The third-order valence-corrected chi connectivity index (χ3v) is 3.19. The summed E-state index contributed by atoms with van der Waals surface area (Å²) < 4.78 is 62.8. The van der Waals surface area contributed by atoms with Crippen molar-refractivity contribution in [3.8, 4) is 0 Å². The first-order chi connectivity index (χ1) is 6.90. The van der Waals surface area contributed by atoms with Crippen molar-refractivity contribution in [3.63, 3.8) is 0 Å². The highest BCUT2D eigenvalue weighted by molar-refractivity contribution is 7.89. The van der Waals surface area contributed by atoms with Gasteiger partial charge in [0.05, 0.1) is 0 Å². The van der Waals surface area contributed by atoms with E-state index in [-0.39, 0.29) is 6.54 Å². The fourth-order valence-electron chi connectivity index (χ4n) is 0.983. The van der Waals surface area contributed by atoms with Crippen LogP contribution in [0.3, 0.4) is 0 Å². The van der Waals surface area contributed by atoms with E-state index in [1.165, 1.54) is 6.92 Å². The second-order valence-corrected chi connectivity index (χ2v) is 4.41. The molecule has 0 aromatic heterocycles. The van der Waals surface area contributed by atoms with Crippen LogP contribution in [0.1, 0.15) is 6.92 Å². The zero-order valence-electron chi connectivity index (χ0n) is 7.72. The van der Waals surface area contributed by atoms with Gasteiger partial charge in [-0.25, -0.2) is 26.3 Å². The van der Waals surface area contributed by atoms with Crippen molar-refractivity contribution < 1.29 is 21.6 Å². The van der Waals surface area contributed by atoms with Gasteiger partial charge >= 0.3 is 0 Å². The van der Waals surface area contributed by atoms with Crippen molar-refractivity contribution in [3.05, 3.63) is 29.6 Å². The van der Waals surface area contributed by atoms with Gasteiger partial charge < -0.3 is 0 Å². The average molecular weight is 239 g/mol. The molecule has 1 rings (SSSR count). The summed E-state index contributed by atoms with van der Waals surface area (Å²) in [6, 6.07) is 1.23. The van der Waals surface area contributed by atoms with Crippen molar-refractivity contribution in [2.75, 3.05) is 6.54 Å². The molecule has 0 bridgehead atoms. The molecule has 1 N–H and O–H groups in total. The van der Waals surface area contributed by atoms with Crippen molar-refractivity contribution in [1.29, 1.82) is 0 Å². The third kappa shape index (κ3) is 2.29. The van der Waals surface area contributed by atoms with Crippen molar-refractivity contribution in [1.82, 2.24) is 4.72 Å². The molecule has 0 unspecified atom stereocenters. The van der Waals surface area contributed by atoms with Crippen LogP contribution in [0.25, 0.3) is 0 Å². The quantitative estimate of drug-likeness (QED) is 0.810. The molecule has 0 saturated heterocycles. The maximum absolute atomic E-state index is 13.0. The highest BCUT2D eigenvalue weighted by atomic mass is 32.2. The second-order valence-electron chi connectivity index (χ2n) is 2.67. The molecule has 0 atom stereocenters. The van der Waals surface area contributed by atoms with Crippen LogP contribution in [0.15, 0.2) is 17.0 Å². The Bertz CT molecular complexity index is 473. The Kier molecular flexibility index (Phi) is 3.35. The molecule has 84 valence electrons. The maximum Gasteiger partial charge on any atom is 0.243 e. The van der Waals surface area contributed by atoms with Gasteiger partial charge in [-0.15, -0.1) is 0 Å². The molecule has 0 aliphatic carbocycles. The minimum absolute atomic E-state index is 0.0285. The van der Waals surface area contributed by atoms with E-state index in [4.69, 9.17) is 0 Å². The summed E-state index contributed by atoms with van der Waals surface area (Å²) in [4.78, 5) is -0.900. The molecule has 3 nitrogen and oxygen atoms in total. The minimum atomic E-state index is -4.11. The maximum atomic E-state index is 13.0. The van der Waals surface area contributed by atoms with E-state index in [1.807, 2.05) is 4.72 Å². The molecule has 7 heteroatoms.